The molecule has 0 unspecified atom stereocenters. The number of piperidine rings is 1. The fourth-order valence-electron chi connectivity index (χ4n) is 2.51. The molecule has 0 bridgehead atoms. The number of likely N-dealkylation sites (tertiary alicyclic amines) is 1. The Labute approximate surface area is 142 Å². The Morgan fingerprint density at radius 1 is 1.22 bits per heavy atom. The number of thioether (sulfide) groups is 1. The molecule has 0 radical (unpaired) electrons. The van der Waals surface area contributed by atoms with E-state index in [1.807, 2.05) is 25.7 Å². The monoisotopic (exact) mass is 344 g/mol. The van der Waals surface area contributed by atoms with E-state index in [0.29, 0.717) is 18.1 Å². The molecule has 0 spiro atoms. The van der Waals surface area contributed by atoms with E-state index < -0.39 is 6.29 Å². The third-order valence-corrected chi connectivity index (χ3v) is 4.93. The van der Waals surface area contributed by atoms with Gasteiger partial charge in [-0.15, -0.1) is 11.8 Å². The predicted molar refractivity (Wildman–Crippen MR) is 91.8 cm³/mol. The second-order valence-electron chi connectivity index (χ2n) is 6.74. The predicted octanol–water partition coefficient (Wildman–Crippen LogP) is 2.17. The summed E-state index contributed by atoms with van der Waals surface area (Å²) in [4.78, 5) is 26.0. The number of rotatable bonds is 6. The lowest BCUT2D eigenvalue weighted by Gasteiger charge is -2.35. The van der Waals surface area contributed by atoms with Crippen LogP contribution in [0.2, 0.25) is 0 Å². The summed E-state index contributed by atoms with van der Waals surface area (Å²) in [5, 5.41) is 8.66. The quantitative estimate of drug-likeness (QED) is 0.454. The molecule has 0 atom stereocenters. The van der Waals surface area contributed by atoms with Crippen LogP contribution in [0.25, 0.3) is 0 Å². The van der Waals surface area contributed by atoms with Crippen molar-refractivity contribution in [1.82, 2.24) is 4.90 Å². The zero-order chi connectivity index (χ0) is 17.6. The molecule has 7 heteroatoms. The minimum atomic E-state index is -0.860. The van der Waals surface area contributed by atoms with Gasteiger partial charge in [-0.05, 0) is 12.8 Å². The third-order valence-electron chi connectivity index (χ3n) is 3.86. The van der Waals surface area contributed by atoms with Gasteiger partial charge in [0.2, 0.25) is 12.2 Å². The van der Waals surface area contributed by atoms with Gasteiger partial charge in [-0.2, -0.15) is 0 Å². The van der Waals surface area contributed by atoms with Crippen LogP contribution < -0.4 is 0 Å². The zero-order valence-electron chi connectivity index (χ0n) is 14.7. The van der Waals surface area contributed by atoms with Crippen molar-refractivity contribution >= 4 is 28.5 Å². The second-order valence-corrected chi connectivity index (χ2v) is 7.76. The average Bonchev–Trinajstić information content (AvgIpc) is 2.52. The van der Waals surface area contributed by atoms with Crippen LogP contribution in [-0.4, -0.2) is 61.0 Å². The molecule has 0 saturated carbocycles. The van der Waals surface area contributed by atoms with Gasteiger partial charge < -0.3 is 14.4 Å². The largest absolute Gasteiger partial charge is 0.349 e. The van der Waals surface area contributed by atoms with Crippen molar-refractivity contribution in [3.8, 4) is 0 Å². The van der Waals surface area contributed by atoms with Gasteiger partial charge in [0.05, 0.1) is 10.8 Å². The number of carbonyl (C=O) groups excluding carboxylic acids is 2. The first-order valence-corrected chi connectivity index (χ1v) is 8.78. The summed E-state index contributed by atoms with van der Waals surface area (Å²) in [5.41, 5.74) is -0.364. The maximum Gasteiger partial charge on any atom is 0.227 e. The Bertz CT molecular complexity index is 436. The molecule has 0 aromatic heterocycles. The van der Waals surface area contributed by atoms with E-state index in [1.165, 1.54) is 26.0 Å². The maximum absolute atomic E-state index is 12.2. The van der Waals surface area contributed by atoms with Gasteiger partial charge in [-0.1, -0.05) is 20.8 Å². The van der Waals surface area contributed by atoms with Crippen molar-refractivity contribution in [3.63, 3.8) is 0 Å². The zero-order valence-corrected chi connectivity index (χ0v) is 15.5. The number of Topliss-reactive ketones (excluding diaryl/α,β-unsaturated/α-hetero) is 1. The summed E-state index contributed by atoms with van der Waals surface area (Å²) < 4.78 is 9.82. The van der Waals surface area contributed by atoms with Crippen molar-refractivity contribution in [1.29, 1.82) is 5.41 Å². The Balaban J connectivity index is 2.41. The van der Waals surface area contributed by atoms with Gasteiger partial charge in [-0.3, -0.25) is 15.0 Å². The number of nitrogens with zero attached hydrogens (tertiary/aromatic N) is 1. The minimum Gasteiger partial charge on any atom is -0.349 e. The highest BCUT2D eigenvalue weighted by atomic mass is 32.2. The number of amides is 1. The molecule has 1 saturated heterocycles. The first-order chi connectivity index (χ1) is 10.7. The normalized spacial score (nSPS) is 16.7. The van der Waals surface area contributed by atoms with Crippen molar-refractivity contribution in [2.75, 3.05) is 33.1 Å². The lowest BCUT2D eigenvalue weighted by Crippen LogP contribution is -2.45. The van der Waals surface area contributed by atoms with Gasteiger partial charge in [-0.25, -0.2) is 0 Å². The van der Waals surface area contributed by atoms with E-state index in [9.17, 15) is 9.59 Å². The van der Waals surface area contributed by atoms with Crippen LogP contribution in [0.3, 0.4) is 0 Å². The van der Waals surface area contributed by atoms with E-state index in [-0.39, 0.29) is 28.8 Å². The Morgan fingerprint density at radius 3 is 2.17 bits per heavy atom. The molecule has 0 aromatic rings. The summed E-state index contributed by atoms with van der Waals surface area (Å²) >= 11 is 1.24. The van der Waals surface area contributed by atoms with Crippen molar-refractivity contribution in [3.05, 3.63) is 0 Å². The van der Waals surface area contributed by atoms with Crippen molar-refractivity contribution < 1.29 is 19.1 Å². The molecular formula is C16H28N2O4S. The van der Waals surface area contributed by atoms with Crippen LogP contribution in [0.15, 0.2) is 0 Å². The Kier molecular flexibility index (Phi) is 7.70. The SMILES string of the molecule is COC(OC)C(=O)CSC(=N)C1CCN(C(=O)C(C)(C)C)CC1. The van der Waals surface area contributed by atoms with Crippen LogP contribution in [0.4, 0.5) is 0 Å². The number of ketones is 1. The average molecular weight is 344 g/mol. The summed E-state index contributed by atoms with van der Waals surface area (Å²) in [7, 11) is 2.84. The van der Waals surface area contributed by atoms with Gasteiger partial charge in [0.1, 0.15) is 0 Å². The molecule has 132 valence electrons. The topological polar surface area (TPSA) is 79.7 Å². The molecule has 0 aliphatic carbocycles. The number of nitrogens with one attached hydrogen (secondary N) is 1. The standard InChI is InChI=1S/C16H28N2O4S/c1-16(2,3)15(20)18-8-6-11(7-9-18)13(17)23-10-12(19)14(21-4)22-5/h11,14,17H,6-10H2,1-5H3. The van der Waals surface area contributed by atoms with Gasteiger partial charge >= 0.3 is 0 Å². The Hall–Kier alpha value is -0.920. The van der Waals surface area contributed by atoms with Gasteiger partial charge in [0.15, 0.2) is 5.78 Å². The number of hydrogen-bond acceptors (Lipinski definition) is 6. The van der Waals surface area contributed by atoms with Crippen LogP contribution in [-0.2, 0) is 19.1 Å². The molecule has 1 rings (SSSR count). The van der Waals surface area contributed by atoms with Crippen molar-refractivity contribution in [2.24, 2.45) is 11.3 Å². The highest BCUT2D eigenvalue weighted by Gasteiger charge is 2.31. The fourth-order valence-corrected chi connectivity index (χ4v) is 3.42. The number of ether oxygens (including phenoxy) is 2. The number of hydrogen-bond donors (Lipinski definition) is 1. The molecule has 6 nitrogen and oxygen atoms in total. The molecule has 1 heterocycles. The van der Waals surface area contributed by atoms with Crippen LogP contribution >= 0.6 is 11.8 Å². The van der Waals surface area contributed by atoms with E-state index >= 15 is 0 Å². The molecule has 1 amide bonds. The maximum atomic E-state index is 12.2. The first-order valence-electron chi connectivity index (χ1n) is 7.79. The van der Waals surface area contributed by atoms with Crippen LogP contribution in [0, 0.1) is 16.7 Å². The second kappa shape index (κ2) is 8.80. The molecular weight excluding hydrogens is 316 g/mol. The van der Waals surface area contributed by atoms with E-state index in [4.69, 9.17) is 14.9 Å². The van der Waals surface area contributed by atoms with Gasteiger partial charge in [0, 0.05) is 38.6 Å². The van der Waals surface area contributed by atoms with Crippen LogP contribution in [0.5, 0.6) is 0 Å². The molecule has 0 aromatic carbocycles. The van der Waals surface area contributed by atoms with E-state index in [1.54, 1.807) is 0 Å². The molecule has 23 heavy (non-hydrogen) atoms. The highest BCUT2D eigenvalue weighted by molar-refractivity contribution is 8.14. The molecule has 1 N–H and O–H groups in total. The van der Waals surface area contributed by atoms with Gasteiger partial charge in [0.25, 0.3) is 0 Å². The fraction of sp³-hybridized carbons (Fsp3) is 0.812. The Morgan fingerprint density at radius 2 is 1.74 bits per heavy atom. The minimum absolute atomic E-state index is 0.125. The first kappa shape index (κ1) is 20.1. The van der Waals surface area contributed by atoms with E-state index in [0.717, 1.165) is 12.8 Å². The lowest BCUT2D eigenvalue weighted by atomic mass is 9.91. The molecule has 1 fully saturated rings. The summed E-state index contributed by atoms with van der Waals surface area (Å²) in [6.45, 7) is 7.12. The number of methoxy groups -OCH3 is 2. The smallest absolute Gasteiger partial charge is 0.227 e. The third kappa shape index (κ3) is 5.90. The molecule has 1 aliphatic rings. The lowest BCUT2D eigenvalue weighted by molar-refractivity contribution is -0.153. The number of carbonyl (C=O) groups is 2. The summed E-state index contributed by atoms with van der Waals surface area (Å²) in [6, 6.07) is 0. The summed E-state index contributed by atoms with van der Waals surface area (Å²) in [6.07, 6.45) is 0.696. The van der Waals surface area contributed by atoms with E-state index in [2.05, 4.69) is 0 Å². The van der Waals surface area contributed by atoms with Crippen LogP contribution in [0.1, 0.15) is 33.6 Å². The summed E-state index contributed by atoms with van der Waals surface area (Å²) in [5.74, 6) is 0.283. The van der Waals surface area contributed by atoms with Crippen molar-refractivity contribution in [2.45, 2.75) is 39.9 Å². The highest BCUT2D eigenvalue weighted by Crippen LogP contribution is 2.27. The molecule has 1 aliphatic heterocycles.